The fourth-order valence-electron chi connectivity index (χ4n) is 2.90. The van der Waals surface area contributed by atoms with E-state index < -0.39 is 0 Å². The van der Waals surface area contributed by atoms with E-state index in [1.807, 2.05) is 18.2 Å². The summed E-state index contributed by atoms with van der Waals surface area (Å²) in [4.78, 5) is 16.5. The van der Waals surface area contributed by atoms with Gasteiger partial charge < -0.3 is 10.4 Å². The van der Waals surface area contributed by atoms with E-state index in [4.69, 9.17) is 5.11 Å². The Morgan fingerprint density at radius 3 is 3.00 bits per heavy atom. The van der Waals surface area contributed by atoms with Crippen molar-refractivity contribution in [1.29, 1.82) is 0 Å². The first-order valence-electron chi connectivity index (χ1n) is 7.77. The number of aliphatic hydroxyl groups is 1. The second-order valence-corrected chi connectivity index (χ2v) is 5.56. The van der Waals surface area contributed by atoms with Gasteiger partial charge in [0.2, 0.25) is 0 Å². The van der Waals surface area contributed by atoms with Crippen LogP contribution >= 0.6 is 0 Å². The minimum Gasteiger partial charge on any atom is -0.395 e. The molecule has 0 radical (unpaired) electrons. The van der Waals surface area contributed by atoms with Gasteiger partial charge in [-0.05, 0) is 37.3 Å². The predicted octanol–water partition coefficient (Wildman–Crippen LogP) is 2.91. The third kappa shape index (κ3) is 3.02. The van der Waals surface area contributed by atoms with Crippen LogP contribution in [0.4, 0.5) is 0 Å². The summed E-state index contributed by atoms with van der Waals surface area (Å²) in [6.45, 7) is 0.189. The molecule has 1 aliphatic rings. The summed E-state index contributed by atoms with van der Waals surface area (Å²) in [7, 11) is 0. The molecule has 4 heteroatoms. The Hall–Kier alpha value is -2.20. The van der Waals surface area contributed by atoms with Crippen molar-refractivity contribution in [1.82, 2.24) is 10.3 Å². The lowest BCUT2D eigenvalue weighted by molar-refractivity contribution is 0.0944. The second-order valence-electron chi connectivity index (χ2n) is 5.56. The number of para-hydroxylation sites is 1. The number of rotatable bonds is 4. The number of nitrogens with zero attached hydrogens (tertiary/aromatic N) is 1. The molecule has 3 rings (SSSR count). The van der Waals surface area contributed by atoms with Gasteiger partial charge in [0, 0.05) is 23.7 Å². The van der Waals surface area contributed by atoms with Crippen molar-refractivity contribution < 1.29 is 9.90 Å². The molecule has 1 amide bonds. The molecule has 1 heterocycles. The smallest absolute Gasteiger partial charge is 0.252 e. The summed E-state index contributed by atoms with van der Waals surface area (Å²) >= 11 is 0. The van der Waals surface area contributed by atoms with Crippen molar-refractivity contribution in [2.45, 2.75) is 25.7 Å². The van der Waals surface area contributed by atoms with E-state index in [1.165, 1.54) is 24.0 Å². The first-order chi connectivity index (χ1) is 10.8. The summed E-state index contributed by atoms with van der Waals surface area (Å²) in [5.74, 6) is -0.203. The number of benzene rings is 1. The van der Waals surface area contributed by atoms with Gasteiger partial charge in [0.15, 0.2) is 0 Å². The fraction of sp³-hybridized carbons (Fsp3) is 0.333. The van der Waals surface area contributed by atoms with Gasteiger partial charge in [0.25, 0.3) is 5.91 Å². The van der Waals surface area contributed by atoms with E-state index in [1.54, 1.807) is 6.20 Å². The number of aliphatic hydroxyl groups excluding tert-OH is 1. The van der Waals surface area contributed by atoms with Crippen LogP contribution in [0.2, 0.25) is 0 Å². The van der Waals surface area contributed by atoms with Crippen LogP contribution in [0.3, 0.4) is 0 Å². The molecule has 1 aromatic carbocycles. The number of carbonyl (C=O) groups is 1. The average Bonchev–Trinajstić information content (AvgIpc) is 2.59. The van der Waals surface area contributed by atoms with Gasteiger partial charge in [-0.1, -0.05) is 24.3 Å². The molecule has 0 atom stereocenters. The molecule has 0 spiro atoms. The zero-order valence-corrected chi connectivity index (χ0v) is 12.5. The van der Waals surface area contributed by atoms with Crippen molar-refractivity contribution in [2.24, 2.45) is 0 Å². The zero-order valence-electron chi connectivity index (χ0n) is 12.5. The molecule has 2 aromatic rings. The van der Waals surface area contributed by atoms with E-state index in [9.17, 15) is 4.79 Å². The molecular weight excluding hydrogens is 276 g/mol. The lowest BCUT2D eigenvalue weighted by Gasteiger charge is -2.14. The molecule has 0 unspecified atom stereocenters. The molecule has 0 bridgehead atoms. The highest BCUT2D eigenvalue weighted by molar-refractivity contribution is 5.99. The standard InChI is InChI=1S/C18H20N2O2/c21-10-9-19-18(22)15-11-14-7-4-8-16(17(14)20-12-15)13-5-2-1-3-6-13/h4-5,7-8,11-12,21H,1-3,6,9-10H2,(H,19,22). The van der Waals surface area contributed by atoms with Gasteiger partial charge in [0.05, 0.1) is 17.7 Å². The Balaban J connectivity index is 1.97. The van der Waals surface area contributed by atoms with Crippen molar-refractivity contribution in [2.75, 3.05) is 13.2 Å². The lowest BCUT2D eigenvalue weighted by atomic mass is 9.92. The third-order valence-corrected chi connectivity index (χ3v) is 4.01. The second kappa shape index (κ2) is 6.71. The molecule has 4 nitrogen and oxygen atoms in total. The van der Waals surface area contributed by atoms with E-state index in [0.717, 1.165) is 23.7 Å². The number of hydrogen-bond acceptors (Lipinski definition) is 3. The molecule has 1 aliphatic carbocycles. The number of allylic oxidation sites excluding steroid dienone is 2. The van der Waals surface area contributed by atoms with Gasteiger partial charge in [-0.3, -0.25) is 9.78 Å². The molecule has 0 fully saturated rings. The van der Waals surface area contributed by atoms with Crippen LogP contribution in [-0.2, 0) is 0 Å². The summed E-state index contributed by atoms with van der Waals surface area (Å²) in [5.41, 5.74) is 4.02. The largest absolute Gasteiger partial charge is 0.395 e. The lowest BCUT2D eigenvalue weighted by Crippen LogP contribution is -2.26. The first-order valence-corrected chi connectivity index (χ1v) is 7.77. The summed E-state index contributed by atoms with van der Waals surface area (Å²) in [6.07, 6.45) is 8.64. The number of carbonyl (C=O) groups excluding carboxylic acids is 1. The van der Waals surface area contributed by atoms with E-state index in [0.29, 0.717) is 5.56 Å². The van der Waals surface area contributed by atoms with Gasteiger partial charge in [-0.15, -0.1) is 0 Å². The first kappa shape index (κ1) is 14.7. The molecule has 1 aromatic heterocycles. The van der Waals surface area contributed by atoms with Gasteiger partial charge in [-0.25, -0.2) is 0 Å². The van der Waals surface area contributed by atoms with Crippen LogP contribution < -0.4 is 5.32 Å². The number of hydrogen-bond donors (Lipinski definition) is 2. The number of amides is 1. The monoisotopic (exact) mass is 296 g/mol. The Morgan fingerprint density at radius 2 is 2.23 bits per heavy atom. The molecule has 0 aliphatic heterocycles. The number of pyridine rings is 1. The Kier molecular flexibility index (Phi) is 4.49. The minimum absolute atomic E-state index is 0.0644. The van der Waals surface area contributed by atoms with Crippen molar-refractivity contribution >= 4 is 22.4 Å². The number of nitrogens with one attached hydrogen (secondary N) is 1. The van der Waals surface area contributed by atoms with Crippen LogP contribution in [0.5, 0.6) is 0 Å². The maximum atomic E-state index is 12.0. The topological polar surface area (TPSA) is 62.2 Å². The molecule has 22 heavy (non-hydrogen) atoms. The maximum Gasteiger partial charge on any atom is 0.252 e. The van der Waals surface area contributed by atoms with Crippen LogP contribution in [0.15, 0.2) is 36.5 Å². The molecule has 0 saturated carbocycles. The molecule has 2 N–H and O–H groups in total. The Labute approximate surface area is 129 Å². The van der Waals surface area contributed by atoms with Crippen LogP contribution in [-0.4, -0.2) is 29.1 Å². The Morgan fingerprint density at radius 1 is 1.32 bits per heavy atom. The zero-order chi connectivity index (χ0) is 15.4. The summed E-state index contributed by atoms with van der Waals surface area (Å²) < 4.78 is 0. The molecule has 114 valence electrons. The SMILES string of the molecule is O=C(NCCO)c1cnc2c(C3=CCCCC3)cccc2c1. The highest BCUT2D eigenvalue weighted by atomic mass is 16.3. The molecular formula is C18H20N2O2. The quantitative estimate of drug-likeness (QED) is 0.912. The van der Waals surface area contributed by atoms with Gasteiger partial charge in [-0.2, -0.15) is 0 Å². The van der Waals surface area contributed by atoms with E-state index in [2.05, 4.69) is 22.4 Å². The highest BCUT2D eigenvalue weighted by Crippen LogP contribution is 2.31. The van der Waals surface area contributed by atoms with Crippen LogP contribution in [0.25, 0.3) is 16.5 Å². The average molecular weight is 296 g/mol. The normalized spacial score (nSPS) is 14.7. The fourth-order valence-corrected chi connectivity index (χ4v) is 2.90. The van der Waals surface area contributed by atoms with Crippen LogP contribution in [0.1, 0.15) is 41.6 Å². The van der Waals surface area contributed by atoms with E-state index >= 15 is 0 Å². The summed E-state index contributed by atoms with van der Waals surface area (Å²) in [5, 5.41) is 12.4. The third-order valence-electron chi connectivity index (χ3n) is 4.01. The number of fused-ring (bicyclic) bond motifs is 1. The molecule has 0 saturated heterocycles. The van der Waals surface area contributed by atoms with Gasteiger partial charge >= 0.3 is 0 Å². The Bertz CT molecular complexity index is 722. The van der Waals surface area contributed by atoms with Gasteiger partial charge in [0.1, 0.15) is 0 Å². The summed E-state index contributed by atoms with van der Waals surface area (Å²) in [6, 6.07) is 7.97. The van der Waals surface area contributed by atoms with Crippen molar-refractivity contribution in [3.05, 3.63) is 47.7 Å². The maximum absolute atomic E-state index is 12.0. The van der Waals surface area contributed by atoms with Crippen molar-refractivity contribution in [3.63, 3.8) is 0 Å². The van der Waals surface area contributed by atoms with E-state index in [-0.39, 0.29) is 19.1 Å². The number of aromatic nitrogens is 1. The minimum atomic E-state index is -0.203. The highest BCUT2D eigenvalue weighted by Gasteiger charge is 2.12. The predicted molar refractivity (Wildman–Crippen MR) is 87.6 cm³/mol. The van der Waals surface area contributed by atoms with Crippen molar-refractivity contribution in [3.8, 4) is 0 Å². The van der Waals surface area contributed by atoms with Crippen LogP contribution in [0, 0.1) is 0 Å².